The lowest BCUT2D eigenvalue weighted by Crippen LogP contribution is -2.45. The zero-order valence-electron chi connectivity index (χ0n) is 14.2. The summed E-state index contributed by atoms with van der Waals surface area (Å²) in [5.41, 5.74) is 1.13. The molecule has 8 heteroatoms. The van der Waals surface area contributed by atoms with Crippen LogP contribution in [0.15, 0.2) is 53.4 Å². The molecule has 1 atom stereocenters. The fourth-order valence-electron chi connectivity index (χ4n) is 2.54. The van der Waals surface area contributed by atoms with E-state index in [0.717, 1.165) is 4.90 Å². The number of thioether (sulfide) groups is 2. The van der Waals surface area contributed by atoms with Crippen LogP contribution < -0.4 is 5.32 Å². The molecule has 27 heavy (non-hydrogen) atoms. The second kappa shape index (κ2) is 9.18. The van der Waals surface area contributed by atoms with Gasteiger partial charge in [-0.3, -0.25) is 9.59 Å². The largest absolute Gasteiger partial charge is 0.324 e. The third-order valence-corrected chi connectivity index (χ3v) is 6.49. The molecular weight excluding hydrogens is 402 g/mol. The van der Waals surface area contributed by atoms with Crippen molar-refractivity contribution in [2.45, 2.75) is 10.9 Å². The highest BCUT2D eigenvalue weighted by molar-refractivity contribution is 8.00. The van der Waals surface area contributed by atoms with E-state index >= 15 is 0 Å². The molecule has 1 aliphatic rings. The van der Waals surface area contributed by atoms with E-state index in [4.69, 9.17) is 16.9 Å². The first-order valence-electron chi connectivity index (χ1n) is 8.14. The average molecular weight is 418 g/mol. The normalized spacial score (nSPS) is 16.0. The van der Waals surface area contributed by atoms with E-state index in [2.05, 4.69) is 5.32 Å². The van der Waals surface area contributed by atoms with Gasteiger partial charge in [0, 0.05) is 16.3 Å². The minimum Gasteiger partial charge on any atom is -0.324 e. The van der Waals surface area contributed by atoms with E-state index in [0.29, 0.717) is 27.9 Å². The number of halogens is 1. The summed E-state index contributed by atoms with van der Waals surface area (Å²) >= 11 is 9.05. The van der Waals surface area contributed by atoms with Gasteiger partial charge in [-0.1, -0.05) is 23.7 Å². The summed E-state index contributed by atoms with van der Waals surface area (Å²) in [6.07, 6.45) is 0. The van der Waals surface area contributed by atoms with E-state index in [1.807, 2.05) is 24.3 Å². The van der Waals surface area contributed by atoms with Gasteiger partial charge in [0.15, 0.2) is 0 Å². The number of rotatable bonds is 5. The second-order valence-electron chi connectivity index (χ2n) is 5.78. The SMILES string of the molecule is N#Cc1ccc(NC(=O)C2CSCN2C(=O)CSc2ccccc2Cl)cc1. The van der Waals surface area contributed by atoms with Gasteiger partial charge in [0.1, 0.15) is 6.04 Å². The van der Waals surface area contributed by atoms with Gasteiger partial charge in [-0.15, -0.1) is 23.5 Å². The molecule has 2 amide bonds. The molecule has 0 aromatic heterocycles. The second-order valence-corrected chi connectivity index (χ2v) is 8.20. The Kier molecular flexibility index (Phi) is 6.67. The molecule has 0 bridgehead atoms. The van der Waals surface area contributed by atoms with Crippen LogP contribution in [-0.2, 0) is 9.59 Å². The fraction of sp³-hybridized carbons (Fsp3) is 0.211. The summed E-state index contributed by atoms with van der Waals surface area (Å²) in [6, 6.07) is 15.5. The van der Waals surface area contributed by atoms with Crippen molar-refractivity contribution in [2.24, 2.45) is 0 Å². The molecular formula is C19H16ClN3O2S2. The number of hydrogen-bond acceptors (Lipinski definition) is 5. The van der Waals surface area contributed by atoms with E-state index < -0.39 is 6.04 Å². The van der Waals surface area contributed by atoms with Crippen molar-refractivity contribution in [1.82, 2.24) is 4.90 Å². The Labute approximate surface area is 171 Å². The molecule has 1 aliphatic heterocycles. The van der Waals surface area contributed by atoms with E-state index in [1.54, 1.807) is 47.0 Å². The van der Waals surface area contributed by atoms with Crippen LogP contribution in [0.2, 0.25) is 5.02 Å². The number of benzene rings is 2. The minimum absolute atomic E-state index is 0.0927. The Hall–Kier alpha value is -2.14. The predicted octanol–water partition coefficient (Wildman–Crippen LogP) is 3.84. The van der Waals surface area contributed by atoms with E-state index in [1.165, 1.54) is 11.8 Å². The highest BCUT2D eigenvalue weighted by Gasteiger charge is 2.34. The average Bonchev–Trinajstić information content (AvgIpc) is 3.18. The molecule has 1 fully saturated rings. The van der Waals surface area contributed by atoms with Gasteiger partial charge < -0.3 is 10.2 Å². The molecule has 138 valence electrons. The van der Waals surface area contributed by atoms with Crippen molar-refractivity contribution in [3.63, 3.8) is 0 Å². The van der Waals surface area contributed by atoms with Gasteiger partial charge in [-0.25, -0.2) is 0 Å². The van der Waals surface area contributed by atoms with Crippen molar-refractivity contribution in [3.05, 3.63) is 59.1 Å². The summed E-state index contributed by atoms with van der Waals surface area (Å²) in [5.74, 6) is 0.967. The van der Waals surface area contributed by atoms with Crippen LogP contribution in [0, 0.1) is 11.3 Å². The molecule has 0 saturated carbocycles. The summed E-state index contributed by atoms with van der Waals surface area (Å²) in [7, 11) is 0. The Morgan fingerprint density at radius 2 is 2.00 bits per heavy atom. The summed E-state index contributed by atoms with van der Waals surface area (Å²) in [5, 5.41) is 12.3. The molecule has 0 spiro atoms. The topological polar surface area (TPSA) is 73.2 Å². The van der Waals surface area contributed by atoms with Crippen molar-refractivity contribution in [3.8, 4) is 6.07 Å². The van der Waals surface area contributed by atoms with E-state index in [-0.39, 0.29) is 17.6 Å². The first kappa shape index (κ1) is 19.6. The Morgan fingerprint density at radius 1 is 1.26 bits per heavy atom. The van der Waals surface area contributed by atoms with Crippen LogP contribution in [0.3, 0.4) is 0 Å². The number of anilines is 1. The van der Waals surface area contributed by atoms with Gasteiger partial charge in [0.2, 0.25) is 11.8 Å². The highest BCUT2D eigenvalue weighted by Crippen LogP contribution is 2.29. The van der Waals surface area contributed by atoms with E-state index in [9.17, 15) is 9.59 Å². The van der Waals surface area contributed by atoms with Crippen LogP contribution in [-0.4, -0.2) is 40.1 Å². The van der Waals surface area contributed by atoms with Crippen molar-refractivity contribution < 1.29 is 9.59 Å². The molecule has 1 saturated heterocycles. The maximum Gasteiger partial charge on any atom is 0.248 e. The Balaban J connectivity index is 1.60. The maximum absolute atomic E-state index is 12.6. The van der Waals surface area contributed by atoms with Gasteiger partial charge in [0.05, 0.1) is 28.3 Å². The lowest BCUT2D eigenvalue weighted by Gasteiger charge is -2.23. The predicted molar refractivity (Wildman–Crippen MR) is 110 cm³/mol. The first-order chi connectivity index (χ1) is 13.1. The first-order valence-corrected chi connectivity index (χ1v) is 10.7. The van der Waals surface area contributed by atoms with Crippen LogP contribution in [0.1, 0.15) is 5.56 Å². The van der Waals surface area contributed by atoms with Crippen molar-refractivity contribution >= 4 is 52.6 Å². The van der Waals surface area contributed by atoms with Gasteiger partial charge in [-0.2, -0.15) is 5.26 Å². The zero-order valence-corrected chi connectivity index (χ0v) is 16.6. The zero-order chi connectivity index (χ0) is 19.2. The van der Waals surface area contributed by atoms with Gasteiger partial charge >= 0.3 is 0 Å². The molecule has 3 rings (SSSR count). The minimum atomic E-state index is -0.509. The number of nitrogens with one attached hydrogen (secondary N) is 1. The van der Waals surface area contributed by atoms with Crippen molar-refractivity contribution in [1.29, 1.82) is 5.26 Å². The molecule has 2 aromatic carbocycles. The molecule has 2 aromatic rings. The summed E-state index contributed by atoms with van der Waals surface area (Å²) in [4.78, 5) is 27.7. The quantitative estimate of drug-likeness (QED) is 0.748. The molecule has 5 nitrogen and oxygen atoms in total. The maximum atomic E-state index is 12.6. The molecule has 1 N–H and O–H groups in total. The van der Waals surface area contributed by atoms with Gasteiger partial charge in [-0.05, 0) is 36.4 Å². The Morgan fingerprint density at radius 3 is 2.70 bits per heavy atom. The van der Waals surface area contributed by atoms with Crippen LogP contribution in [0.5, 0.6) is 0 Å². The Bertz CT molecular complexity index is 883. The lowest BCUT2D eigenvalue weighted by molar-refractivity contribution is -0.134. The molecule has 0 aliphatic carbocycles. The summed E-state index contributed by atoms with van der Waals surface area (Å²) in [6.45, 7) is 0. The fourth-order valence-corrected chi connectivity index (χ4v) is 4.85. The number of hydrogen-bond donors (Lipinski definition) is 1. The van der Waals surface area contributed by atoms with Crippen LogP contribution in [0.4, 0.5) is 5.69 Å². The number of amides is 2. The number of nitrogens with zero attached hydrogens (tertiary/aromatic N) is 2. The number of nitriles is 1. The standard InChI is InChI=1S/C19H16ClN3O2S2/c20-15-3-1-2-4-17(15)27-11-18(24)23-12-26-10-16(23)19(25)22-14-7-5-13(9-21)6-8-14/h1-8,16H,10-12H2,(H,22,25). The number of carbonyl (C=O) groups excluding carboxylic acids is 2. The molecule has 1 unspecified atom stereocenters. The monoisotopic (exact) mass is 417 g/mol. The molecule has 0 radical (unpaired) electrons. The van der Waals surface area contributed by atoms with Crippen LogP contribution >= 0.6 is 35.1 Å². The van der Waals surface area contributed by atoms with Crippen molar-refractivity contribution in [2.75, 3.05) is 22.7 Å². The third kappa shape index (κ3) is 4.98. The summed E-state index contributed by atoms with van der Waals surface area (Å²) < 4.78 is 0. The third-order valence-electron chi connectivity index (χ3n) is 3.97. The van der Waals surface area contributed by atoms with Gasteiger partial charge in [0.25, 0.3) is 0 Å². The highest BCUT2D eigenvalue weighted by atomic mass is 35.5. The lowest BCUT2D eigenvalue weighted by atomic mass is 10.2. The number of carbonyl (C=O) groups is 2. The smallest absolute Gasteiger partial charge is 0.248 e. The molecule has 1 heterocycles. The van der Waals surface area contributed by atoms with Crippen LogP contribution in [0.25, 0.3) is 0 Å².